The number of rotatable bonds is 8. The monoisotopic (exact) mass is 411 g/mol. The predicted molar refractivity (Wildman–Crippen MR) is 116 cm³/mol. The first-order valence-corrected chi connectivity index (χ1v) is 10.3. The van der Waals surface area contributed by atoms with E-state index in [2.05, 4.69) is 29.7 Å². The van der Waals surface area contributed by atoms with Crippen molar-refractivity contribution in [2.24, 2.45) is 5.92 Å². The predicted octanol–water partition coefficient (Wildman–Crippen LogP) is 2.75. The van der Waals surface area contributed by atoms with Crippen LogP contribution in [-0.2, 0) is 16.6 Å². The van der Waals surface area contributed by atoms with Crippen LogP contribution in [0.5, 0.6) is 0 Å². The fourth-order valence-electron chi connectivity index (χ4n) is 3.94. The molecule has 1 aliphatic carbocycles. The summed E-state index contributed by atoms with van der Waals surface area (Å²) in [6.07, 6.45) is 1.42. The Hall–Kier alpha value is -2.73. The Balaban J connectivity index is 1.60. The van der Waals surface area contributed by atoms with E-state index >= 15 is 0 Å². The summed E-state index contributed by atoms with van der Waals surface area (Å²) < 4.78 is 14.3. The van der Waals surface area contributed by atoms with Gasteiger partial charge in [0.25, 0.3) is 5.91 Å². The minimum Gasteiger partial charge on any atom is -0.355 e. The standard InChI is InChI=1S/C24H30FN3O2/c1-24(17-8-6-5-7-9-17)14-20(24)23(30)27-15-18(28(3)4)12-16-10-11-19(21(25)13-16)22(29)26-2/h5-11,13,18,20H,12,14-15H2,1-4H3,(H,26,29)(H,27,30)/t18?,20-,24+/m0/s1. The fraction of sp³-hybridized carbons (Fsp3) is 0.417. The quantitative estimate of drug-likeness (QED) is 0.702. The lowest BCUT2D eigenvalue weighted by atomic mass is 9.95. The summed E-state index contributed by atoms with van der Waals surface area (Å²) in [5, 5.41) is 5.52. The van der Waals surface area contributed by atoms with E-state index in [4.69, 9.17) is 0 Å². The van der Waals surface area contributed by atoms with Crippen LogP contribution >= 0.6 is 0 Å². The lowest BCUT2D eigenvalue weighted by molar-refractivity contribution is -0.122. The number of amides is 2. The van der Waals surface area contributed by atoms with Crippen molar-refractivity contribution in [2.75, 3.05) is 27.7 Å². The number of nitrogens with one attached hydrogen (secondary N) is 2. The molecule has 1 fully saturated rings. The summed E-state index contributed by atoms with van der Waals surface area (Å²) in [5.41, 5.74) is 1.91. The summed E-state index contributed by atoms with van der Waals surface area (Å²) >= 11 is 0. The summed E-state index contributed by atoms with van der Waals surface area (Å²) in [6, 6.07) is 14.8. The van der Waals surface area contributed by atoms with Crippen molar-refractivity contribution in [2.45, 2.75) is 31.2 Å². The number of likely N-dealkylation sites (N-methyl/N-ethyl adjacent to an activating group) is 1. The molecule has 0 aromatic heterocycles. The van der Waals surface area contributed by atoms with Gasteiger partial charge in [0.2, 0.25) is 5.91 Å². The van der Waals surface area contributed by atoms with Gasteiger partial charge in [0.15, 0.2) is 0 Å². The first-order chi connectivity index (χ1) is 14.3. The van der Waals surface area contributed by atoms with Crippen LogP contribution in [0.25, 0.3) is 0 Å². The SMILES string of the molecule is CNC(=O)c1ccc(CC(CNC(=O)[C@@H]2C[C@]2(C)c2ccccc2)N(C)C)cc1F. The second-order valence-corrected chi connectivity index (χ2v) is 8.50. The Morgan fingerprint density at radius 2 is 1.90 bits per heavy atom. The molecule has 1 unspecified atom stereocenters. The minimum absolute atomic E-state index is 0.0148. The molecule has 2 aromatic carbocycles. The second kappa shape index (κ2) is 8.96. The summed E-state index contributed by atoms with van der Waals surface area (Å²) in [6.45, 7) is 2.61. The van der Waals surface area contributed by atoms with E-state index in [1.807, 2.05) is 37.2 Å². The third kappa shape index (κ3) is 4.70. The summed E-state index contributed by atoms with van der Waals surface area (Å²) in [7, 11) is 5.36. The third-order valence-electron chi connectivity index (χ3n) is 6.21. The van der Waals surface area contributed by atoms with Crippen LogP contribution in [0.1, 0.15) is 34.8 Å². The summed E-state index contributed by atoms with van der Waals surface area (Å²) in [4.78, 5) is 26.4. The van der Waals surface area contributed by atoms with Crippen LogP contribution in [0.4, 0.5) is 4.39 Å². The highest BCUT2D eigenvalue weighted by molar-refractivity contribution is 5.94. The third-order valence-corrected chi connectivity index (χ3v) is 6.21. The molecule has 2 aromatic rings. The van der Waals surface area contributed by atoms with Gasteiger partial charge in [-0.2, -0.15) is 0 Å². The maximum absolute atomic E-state index is 14.3. The van der Waals surface area contributed by atoms with Gasteiger partial charge in [-0.3, -0.25) is 9.59 Å². The van der Waals surface area contributed by atoms with Crippen molar-refractivity contribution < 1.29 is 14.0 Å². The van der Waals surface area contributed by atoms with Crippen molar-refractivity contribution in [3.05, 3.63) is 71.0 Å². The molecular weight excluding hydrogens is 381 g/mol. The van der Waals surface area contributed by atoms with E-state index in [0.717, 1.165) is 12.0 Å². The average molecular weight is 412 g/mol. The van der Waals surface area contributed by atoms with E-state index in [1.165, 1.54) is 24.7 Å². The smallest absolute Gasteiger partial charge is 0.253 e. The van der Waals surface area contributed by atoms with Crippen molar-refractivity contribution in [3.63, 3.8) is 0 Å². The van der Waals surface area contributed by atoms with Gasteiger partial charge in [-0.25, -0.2) is 4.39 Å². The van der Waals surface area contributed by atoms with E-state index < -0.39 is 11.7 Å². The molecule has 0 heterocycles. The van der Waals surface area contributed by atoms with Gasteiger partial charge in [-0.15, -0.1) is 0 Å². The molecule has 0 bridgehead atoms. The van der Waals surface area contributed by atoms with Crippen LogP contribution in [0.3, 0.4) is 0 Å². The normalized spacial score (nSPS) is 21.2. The second-order valence-electron chi connectivity index (χ2n) is 8.50. The molecule has 2 N–H and O–H groups in total. The van der Waals surface area contributed by atoms with Crippen LogP contribution in [0, 0.1) is 11.7 Å². The van der Waals surface area contributed by atoms with Crippen LogP contribution in [0.2, 0.25) is 0 Å². The van der Waals surface area contributed by atoms with Gasteiger partial charge in [-0.1, -0.05) is 43.3 Å². The van der Waals surface area contributed by atoms with E-state index in [9.17, 15) is 14.0 Å². The van der Waals surface area contributed by atoms with E-state index in [0.29, 0.717) is 13.0 Å². The zero-order valence-electron chi connectivity index (χ0n) is 18.0. The highest BCUT2D eigenvalue weighted by Crippen LogP contribution is 2.53. The number of halogens is 1. The first-order valence-electron chi connectivity index (χ1n) is 10.3. The van der Waals surface area contributed by atoms with Gasteiger partial charge in [0, 0.05) is 31.0 Å². The number of hydrogen-bond acceptors (Lipinski definition) is 3. The van der Waals surface area contributed by atoms with Gasteiger partial charge in [0.05, 0.1) is 5.56 Å². The Morgan fingerprint density at radius 1 is 1.20 bits per heavy atom. The molecule has 0 saturated heterocycles. The molecule has 5 nitrogen and oxygen atoms in total. The van der Waals surface area contributed by atoms with E-state index in [-0.39, 0.29) is 28.8 Å². The van der Waals surface area contributed by atoms with Gasteiger partial charge >= 0.3 is 0 Å². The highest BCUT2D eigenvalue weighted by atomic mass is 19.1. The molecule has 1 saturated carbocycles. The zero-order chi connectivity index (χ0) is 21.9. The topological polar surface area (TPSA) is 61.4 Å². The Bertz CT molecular complexity index is 916. The zero-order valence-corrected chi connectivity index (χ0v) is 18.0. The maximum atomic E-state index is 14.3. The number of hydrogen-bond donors (Lipinski definition) is 2. The molecule has 160 valence electrons. The van der Waals surface area contributed by atoms with E-state index in [1.54, 1.807) is 6.07 Å². The molecule has 0 radical (unpaired) electrons. The molecule has 6 heteroatoms. The van der Waals surface area contributed by atoms with Crippen molar-refractivity contribution in [3.8, 4) is 0 Å². The van der Waals surface area contributed by atoms with Crippen molar-refractivity contribution in [1.29, 1.82) is 0 Å². The number of carbonyl (C=O) groups is 2. The van der Waals surface area contributed by atoms with Crippen molar-refractivity contribution >= 4 is 11.8 Å². The van der Waals surface area contributed by atoms with Gasteiger partial charge < -0.3 is 15.5 Å². The lowest BCUT2D eigenvalue weighted by Crippen LogP contribution is -2.42. The summed E-state index contributed by atoms with van der Waals surface area (Å²) in [5.74, 6) is -0.937. The van der Waals surface area contributed by atoms with Crippen molar-refractivity contribution in [1.82, 2.24) is 15.5 Å². The highest BCUT2D eigenvalue weighted by Gasteiger charge is 2.55. The van der Waals surface area contributed by atoms with Crippen LogP contribution < -0.4 is 10.6 Å². The average Bonchev–Trinajstić information content (AvgIpc) is 3.44. The molecule has 30 heavy (non-hydrogen) atoms. The number of carbonyl (C=O) groups excluding carboxylic acids is 2. The molecule has 1 aliphatic rings. The Morgan fingerprint density at radius 3 is 2.50 bits per heavy atom. The number of nitrogens with zero attached hydrogens (tertiary/aromatic N) is 1. The molecule has 0 spiro atoms. The minimum atomic E-state index is -0.537. The Kier molecular flexibility index (Phi) is 6.56. The largest absolute Gasteiger partial charge is 0.355 e. The molecule has 0 aliphatic heterocycles. The number of benzene rings is 2. The lowest BCUT2D eigenvalue weighted by Gasteiger charge is -2.25. The van der Waals surface area contributed by atoms with Crippen LogP contribution in [-0.4, -0.2) is 50.4 Å². The molecule has 3 rings (SSSR count). The van der Waals surface area contributed by atoms with Gasteiger partial charge in [-0.05, 0) is 50.2 Å². The fourth-order valence-corrected chi connectivity index (χ4v) is 3.94. The first kappa shape index (κ1) is 22.0. The maximum Gasteiger partial charge on any atom is 0.253 e. The molecule has 3 atom stereocenters. The van der Waals surface area contributed by atoms with Gasteiger partial charge in [0.1, 0.15) is 5.82 Å². The van der Waals surface area contributed by atoms with Crippen LogP contribution in [0.15, 0.2) is 48.5 Å². The Labute approximate surface area is 177 Å². The molecular formula is C24H30FN3O2. The molecule has 2 amide bonds.